The maximum atomic E-state index is 13.1. The third-order valence-electron chi connectivity index (χ3n) is 11.6. The molecule has 3 aliphatic heterocycles. The summed E-state index contributed by atoms with van der Waals surface area (Å²) in [6.07, 6.45) is 8.12. The Balaban J connectivity index is 0.957. The van der Waals surface area contributed by atoms with E-state index in [9.17, 15) is 13.2 Å². The number of likely N-dealkylation sites (N-methyl/N-ethyl adjacent to an activating group) is 1. The van der Waals surface area contributed by atoms with Gasteiger partial charge in [-0.25, -0.2) is 13.2 Å². The van der Waals surface area contributed by atoms with Crippen LogP contribution < -0.4 is 4.90 Å². The van der Waals surface area contributed by atoms with Gasteiger partial charge in [-0.3, -0.25) is 4.90 Å². The van der Waals surface area contributed by atoms with Gasteiger partial charge in [0.2, 0.25) is 9.84 Å². The largest absolute Gasteiger partial charge is 0.478 e. The van der Waals surface area contributed by atoms with E-state index in [-0.39, 0.29) is 15.4 Å². The number of likely N-dealkylation sites (tertiary alicyclic amines) is 1. The molecule has 0 bridgehead atoms. The highest BCUT2D eigenvalue weighted by Gasteiger charge is 2.51. The fourth-order valence-electron chi connectivity index (χ4n) is 9.20. The Morgan fingerprint density at radius 1 is 0.826 bits per heavy atom. The van der Waals surface area contributed by atoms with E-state index < -0.39 is 15.8 Å². The molecule has 1 aliphatic carbocycles. The number of anilines is 1. The van der Waals surface area contributed by atoms with Crippen LogP contribution in [0.5, 0.6) is 0 Å². The minimum Gasteiger partial charge on any atom is -0.478 e. The number of piperidine rings is 1. The fourth-order valence-corrected chi connectivity index (χ4v) is 10.5. The second-order valence-electron chi connectivity index (χ2n) is 14.2. The van der Waals surface area contributed by atoms with Crippen LogP contribution in [0.25, 0.3) is 0 Å². The van der Waals surface area contributed by atoms with E-state index in [4.69, 9.17) is 5.11 Å². The lowest BCUT2D eigenvalue weighted by Gasteiger charge is -2.54. The smallest absolute Gasteiger partial charge is 0.335 e. The molecule has 3 aromatic carbocycles. The Bertz CT molecular complexity index is 1640. The normalized spacial score (nSPS) is 23.7. The Hall–Kier alpha value is -3.20. The number of hydrogen-bond acceptors (Lipinski definition) is 6. The lowest BCUT2D eigenvalue weighted by Crippen LogP contribution is -2.57. The van der Waals surface area contributed by atoms with Crippen LogP contribution in [0.4, 0.5) is 5.69 Å². The Labute approximate surface area is 274 Å². The average Bonchev–Trinajstić information content (AvgIpc) is 3.62. The summed E-state index contributed by atoms with van der Waals surface area (Å²) in [5, 5.41) is 9.11. The van der Waals surface area contributed by atoms with E-state index in [1.165, 1.54) is 82.4 Å². The molecule has 46 heavy (non-hydrogen) atoms. The van der Waals surface area contributed by atoms with Gasteiger partial charge in [-0.2, -0.15) is 0 Å². The van der Waals surface area contributed by atoms with Crippen LogP contribution in [-0.2, 0) is 21.8 Å². The van der Waals surface area contributed by atoms with E-state index in [2.05, 4.69) is 45.9 Å². The first-order chi connectivity index (χ1) is 22.3. The van der Waals surface area contributed by atoms with Crippen LogP contribution in [0.2, 0.25) is 0 Å². The van der Waals surface area contributed by atoms with Gasteiger partial charge in [-0.1, -0.05) is 44.0 Å². The average molecular weight is 642 g/mol. The number of carboxylic acid groups (broad SMARTS) is 1. The van der Waals surface area contributed by atoms with Crippen molar-refractivity contribution in [3.8, 4) is 0 Å². The topological polar surface area (TPSA) is 81.2 Å². The molecule has 1 atom stereocenters. The molecule has 0 amide bonds. The van der Waals surface area contributed by atoms with Gasteiger partial charge in [0.05, 0.1) is 15.4 Å². The minimum atomic E-state index is -3.71. The van der Waals surface area contributed by atoms with E-state index >= 15 is 0 Å². The predicted molar refractivity (Wildman–Crippen MR) is 181 cm³/mol. The van der Waals surface area contributed by atoms with Crippen molar-refractivity contribution in [2.24, 2.45) is 17.8 Å². The van der Waals surface area contributed by atoms with Gasteiger partial charge in [-0.15, -0.1) is 0 Å². The number of rotatable bonds is 9. The molecule has 0 radical (unpaired) electrons. The van der Waals surface area contributed by atoms with Crippen LogP contribution in [0, 0.1) is 17.8 Å². The summed E-state index contributed by atoms with van der Waals surface area (Å²) in [5.74, 6) is 1.10. The minimum absolute atomic E-state index is 0.0670. The summed E-state index contributed by atoms with van der Waals surface area (Å²) in [6.45, 7) is 11.3. The number of benzene rings is 3. The van der Waals surface area contributed by atoms with Gasteiger partial charge in [0.1, 0.15) is 0 Å². The van der Waals surface area contributed by atoms with Crippen molar-refractivity contribution >= 4 is 21.5 Å². The van der Waals surface area contributed by atoms with Crippen molar-refractivity contribution in [2.75, 3.05) is 50.7 Å². The lowest BCUT2D eigenvalue weighted by atomic mass is 9.57. The standard InChI is InChI=1S/C38H47N3O4S/c1-2-39-26-30-7-3-6-10-36(30)38(27-39,31-8-4-5-9-31)32-19-21-40(22-20-32)23-28-24-41(25-28)33-13-17-35(18-14-33)46(44,45)34-15-11-29(12-16-34)37(42)43/h3,6-7,10-18,28,31-32H,2,4-5,8-9,19-27H2,1H3,(H,42,43). The molecule has 1 N–H and O–H groups in total. The zero-order chi connectivity index (χ0) is 31.9. The third-order valence-corrected chi connectivity index (χ3v) is 13.4. The summed E-state index contributed by atoms with van der Waals surface area (Å²) >= 11 is 0. The van der Waals surface area contributed by atoms with E-state index in [1.54, 1.807) is 23.3 Å². The highest BCUT2D eigenvalue weighted by Crippen LogP contribution is 2.53. The van der Waals surface area contributed by atoms with Gasteiger partial charge in [0.25, 0.3) is 0 Å². The molecule has 1 unspecified atom stereocenters. The van der Waals surface area contributed by atoms with Crippen molar-refractivity contribution in [2.45, 2.75) is 67.2 Å². The second-order valence-corrected chi connectivity index (χ2v) is 16.1. The highest BCUT2D eigenvalue weighted by atomic mass is 32.2. The molecule has 3 aromatic rings. The van der Waals surface area contributed by atoms with Crippen LogP contribution in [0.15, 0.2) is 82.6 Å². The number of hydrogen-bond donors (Lipinski definition) is 1. The molecule has 2 saturated heterocycles. The Morgan fingerprint density at radius 3 is 2.07 bits per heavy atom. The summed E-state index contributed by atoms with van der Waals surface area (Å²) in [5.41, 5.74) is 4.65. The van der Waals surface area contributed by atoms with E-state index in [1.807, 2.05) is 12.1 Å². The quantitative estimate of drug-likeness (QED) is 0.293. The summed E-state index contributed by atoms with van der Waals surface area (Å²) in [6, 6.07) is 21.9. The summed E-state index contributed by atoms with van der Waals surface area (Å²) < 4.78 is 26.2. The molecule has 0 spiro atoms. The van der Waals surface area contributed by atoms with Crippen molar-refractivity contribution in [3.05, 3.63) is 89.5 Å². The third kappa shape index (κ3) is 5.77. The number of carboxylic acids is 1. The fraction of sp³-hybridized carbons (Fsp3) is 0.500. The van der Waals surface area contributed by atoms with Crippen LogP contribution in [-0.4, -0.2) is 75.1 Å². The van der Waals surface area contributed by atoms with Gasteiger partial charge in [0.15, 0.2) is 0 Å². The lowest BCUT2D eigenvalue weighted by molar-refractivity contribution is 0.0359. The second kappa shape index (κ2) is 12.8. The zero-order valence-corrected chi connectivity index (χ0v) is 27.8. The Morgan fingerprint density at radius 2 is 1.43 bits per heavy atom. The molecule has 4 aliphatic rings. The van der Waals surface area contributed by atoms with Gasteiger partial charge in [-0.05, 0) is 117 Å². The van der Waals surface area contributed by atoms with Crippen molar-refractivity contribution in [1.82, 2.24) is 9.80 Å². The van der Waals surface area contributed by atoms with Crippen LogP contribution >= 0.6 is 0 Å². The first-order valence-electron chi connectivity index (χ1n) is 17.2. The number of aromatic carboxylic acids is 1. The molecule has 244 valence electrons. The molecular formula is C38H47N3O4S. The molecule has 8 heteroatoms. The van der Waals surface area contributed by atoms with Gasteiger partial charge >= 0.3 is 5.97 Å². The molecule has 3 heterocycles. The van der Waals surface area contributed by atoms with Crippen LogP contribution in [0.1, 0.15) is 66.9 Å². The SMILES string of the molecule is CCN1Cc2ccccc2C(C2CCCC2)(C2CCN(CC3CN(c4ccc(S(=O)(=O)c5ccc(C(=O)O)cc5)cc4)C3)CC2)C1. The first-order valence-corrected chi connectivity index (χ1v) is 18.7. The van der Waals surface area contributed by atoms with Crippen molar-refractivity contribution < 1.29 is 18.3 Å². The maximum Gasteiger partial charge on any atom is 0.335 e. The van der Waals surface area contributed by atoms with Crippen molar-refractivity contribution in [1.29, 1.82) is 0 Å². The molecule has 7 nitrogen and oxygen atoms in total. The monoisotopic (exact) mass is 641 g/mol. The molecular weight excluding hydrogens is 595 g/mol. The molecule has 7 rings (SSSR count). The van der Waals surface area contributed by atoms with E-state index in [0.29, 0.717) is 11.3 Å². The number of nitrogens with zero attached hydrogens (tertiary/aromatic N) is 3. The predicted octanol–water partition coefficient (Wildman–Crippen LogP) is 6.33. The van der Waals surface area contributed by atoms with E-state index in [0.717, 1.165) is 50.2 Å². The highest BCUT2D eigenvalue weighted by molar-refractivity contribution is 7.91. The van der Waals surface area contributed by atoms with Crippen LogP contribution in [0.3, 0.4) is 0 Å². The number of sulfone groups is 1. The number of carbonyl (C=O) groups is 1. The Kier molecular flexibility index (Phi) is 8.72. The summed E-state index contributed by atoms with van der Waals surface area (Å²) in [4.78, 5) is 19.2. The number of fused-ring (bicyclic) bond motifs is 1. The molecule has 0 aromatic heterocycles. The van der Waals surface area contributed by atoms with Gasteiger partial charge in [0, 0.05) is 49.7 Å². The summed E-state index contributed by atoms with van der Waals surface area (Å²) in [7, 11) is -3.71. The molecule has 3 fully saturated rings. The zero-order valence-electron chi connectivity index (χ0n) is 27.0. The van der Waals surface area contributed by atoms with Crippen molar-refractivity contribution in [3.63, 3.8) is 0 Å². The molecule has 1 saturated carbocycles. The first kappa shape index (κ1) is 31.4. The van der Waals surface area contributed by atoms with Gasteiger partial charge < -0.3 is 14.9 Å². The maximum absolute atomic E-state index is 13.1.